The quantitative estimate of drug-likeness (QED) is 0.670. The fourth-order valence-electron chi connectivity index (χ4n) is 1.29. The van der Waals surface area contributed by atoms with Gasteiger partial charge in [0.15, 0.2) is 0 Å². The smallest absolute Gasteiger partial charge is 0.121 e. The van der Waals surface area contributed by atoms with Gasteiger partial charge < -0.3 is 4.74 Å². The van der Waals surface area contributed by atoms with Gasteiger partial charge in [-0.25, -0.2) is 0 Å². The Labute approximate surface area is 80.0 Å². The van der Waals surface area contributed by atoms with Crippen LogP contribution in [0.25, 0.3) is 5.57 Å². The maximum absolute atomic E-state index is 5.19. The molecule has 0 atom stereocenters. The Kier molecular flexibility index (Phi) is 3.13. The van der Waals surface area contributed by atoms with Crippen LogP contribution >= 0.6 is 0 Å². The van der Waals surface area contributed by atoms with Crippen molar-refractivity contribution in [1.29, 1.82) is 0 Å². The zero-order valence-electron chi connectivity index (χ0n) is 8.72. The fourth-order valence-corrected chi connectivity index (χ4v) is 1.29. The predicted molar refractivity (Wildman–Crippen MR) is 57.1 cm³/mol. The second-order valence-electron chi connectivity index (χ2n) is 3.16. The zero-order valence-corrected chi connectivity index (χ0v) is 8.72. The van der Waals surface area contributed by atoms with Crippen LogP contribution in [0.15, 0.2) is 24.3 Å². The Balaban J connectivity index is 3.10. The molecule has 0 bridgehead atoms. The van der Waals surface area contributed by atoms with Crippen LogP contribution in [0, 0.1) is 6.92 Å². The highest BCUT2D eigenvalue weighted by Gasteiger charge is 1.99. The van der Waals surface area contributed by atoms with E-state index in [1.54, 1.807) is 7.11 Å². The molecule has 0 saturated heterocycles. The molecule has 0 aliphatic carbocycles. The van der Waals surface area contributed by atoms with E-state index in [4.69, 9.17) is 4.74 Å². The van der Waals surface area contributed by atoms with E-state index in [2.05, 4.69) is 39.0 Å². The van der Waals surface area contributed by atoms with Crippen LogP contribution in [-0.4, -0.2) is 7.11 Å². The molecule has 0 spiro atoms. The van der Waals surface area contributed by atoms with Gasteiger partial charge in [-0.05, 0) is 49.6 Å². The largest absolute Gasteiger partial charge is 0.496 e. The van der Waals surface area contributed by atoms with E-state index in [0.29, 0.717) is 0 Å². The average Bonchev–Trinajstić information content (AvgIpc) is 2.16. The van der Waals surface area contributed by atoms with Crippen molar-refractivity contribution in [2.24, 2.45) is 0 Å². The third-order valence-electron chi connectivity index (χ3n) is 2.28. The second-order valence-corrected chi connectivity index (χ2v) is 3.16. The van der Waals surface area contributed by atoms with E-state index < -0.39 is 0 Å². The molecule has 0 radical (unpaired) electrons. The highest BCUT2D eigenvalue weighted by atomic mass is 16.5. The third kappa shape index (κ3) is 2.11. The van der Waals surface area contributed by atoms with E-state index in [0.717, 1.165) is 5.75 Å². The van der Waals surface area contributed by atoms with Gasteiger partial charge in [-0.3, -0.25) is 0 Å². The van der Waals surface area contributed by atoms with E-state index in [1.165, 1.54) is 16.7 Å². The summed E-state index contributed by atoms with van der Waals surface area (Å²) >= 11 is 0. The van der Waals surface area contributed by atoms with Gasteiger partial charge in [0.2, 0.25) is 0 Å². The Morgan fingerprint density at radius 2 is 2.08 bits per heavy atom. The van der Waals surface area contributed by atoms with Crippen molar-refractivity contribution in [3.05, 3.63) is 35.4 Å². The van der Waals surface area contributed by atoms with Crippen LogP contribution in [0.2, 0.25) is 0 Å². The molecule has 70 valence electrons. The number of ether oxygens (including phenoxy) is 1. The van der Waals surface area contributed by atoms with Crippen molar-refractivity contribution in [1.82, 2.24) is 0 Å². The van der Waals surface area contributed by atoms with Crippen molar-refractivity contribution in [3.8, 4) is 5.75 Å². The molecule has 0 aliphatic heterocycles. The minimum Gasteiger partial charge on any atom is -0.496 e. The lowest BCUT2D eigenvalue weighted by Crippen LogP contribution is -1.88. The monoisotopic (exact) mass is 176 g/mol. The lowest BCUT2D eigenvalue weighted by molar-refractivity contribution is 0.411. The maximum atomic E-state index is 5.19. The maximum Gasteiger partial charge on any atom is 0.121 e. The Morgan fingerprint density at radius 1 is 1.38 bits per heavy atom. The molecule has 0 heterocycles. The van der Waals surface area contributed by atoms with Gasteiger partial charge in [-0.1, -0.05) is 12.1 Å². The van der Waals surface area contributed by atoms with Crippen LogP contribution in [-0.2, 0) is 0 Å². The lowest BCUT2D eigenvalue weighted by atomic mass is 10.0. The van der Waals surface area contributed by atoms with Gasteiger partial charge in [-0.15, -0.1) is 0 Å². The number of aryl methyl sites for hydroxylation is 1. The van der Waals surface area contributed by atoms with Crippen molar-refractivity contribution in [2.45, 2.75) is 20.8 Å². The first-order chi connectivity index (χ1) is 6.19. The average molecular weight is 176 g/mol. The minimum absolute atomic E-state index is 0.952. The van der Waals surface area contributed by atoms with Gasteiger partial charge in [0.1, 0.15) is 5.75 Å². The topological polar surface area (TPSA) is 9.23 Å². The summed E-state index contributed by atoms with van der Waals surface area (Å²) in [7, 11) is 1.70. The summed E-state index contributed by atoms with van der Waals surface area (Å²) < 4.78 is 5.19. The zero-order chi connectivity index (χ0) is 9.84. The van der Waals surface area contributed by atoms with Crippen LogP contribution in [0.4, 0.5) is 0 Å². The fraction of sp³-hybridized carbons (Fsp3) is 0.333. The van der Waals surface area contributed by atoms with E-state index in [9.17, 15) is 0 Å². The predicted octanol–water partition coefficient (Wildman–Crippen LogP) is 3.43. The Hall–Kier alpha value is -1.24. The first-order valence-corrected chi connectivity index (χ1v) is 4.47. The molecule has 1 aromatic carbocycles. The summed E-state index contributed by atoms with van der Waals surface area (Å²) in [5.74, 6) is 0.952. The molecule has 1 heteroatoms. The molecule has 0 N–H and O–H groups in total. The number of hydrogen-bond donors (Lipinski definition) is 0. The summed E-state index contributed by atoms with van der Waals surface area (Å²) in [5, 5.41) is 0. The highest BCUT2D eigenvalue weighted by molar-refractivity contribution is 5.64. The molecule has 0 aromatic heterocycles. The van der Waals surface area contributed by atoms with Gasteiger partial charge in [0, 0.05) is 0 Å². The summed E-state index contributed by atoms with van der Waals surface area (Å²) in [6, 6.07) is 6.24. The number of allylic oxidation sites excluding steroid dienone is 2. The molecular formula is C12H16O. The second kappa shape index (κ2) is 4.13. The number of hydrogen-bond acceptors (Lipinski definition) is 1. The van der Waals surface area contributed by atoms with Crippen molar-refractivity contribution >= 4 is 5.57 Å². The minimum atomic E-state index is 0.952. The van der Waals surface area contributed by atoms with Gasteiger partial charge in [0.05, 0.1) is 7.11 Å². The van der Waals surface area contributed by atoms with Crippen LogP contribution in [0.3, 0.4) is 0 Å². The van der Waals surface area contributed by atoms with Crippen molar-refractivity contribution in [2.75, 3.05) is 7.11 Å². The first kappa shape index (κ1) is 9.85. The number of rotatable bonds is 2. The molecule has 0 unspecified atom stereocenters. The van der Waals surface area contributed by atoms with Crippen molar-refractivity contribution in [3.63, 3.8) is 0 Å². The SMILES string of the molecule is C/C=C(\C)c1ccc(OC)c(C)c1. The van der Waals surface area contributed by atoms with Crippen molar-refractivity contribution < 1.29 is 4.74 Å². The molecular weight excluding hydrogens is 160 g/mol. The molecule has 0 fully saturated rings. The number of benzene rings is 1. The number of methoxy groups -OCH3 is 1. The van der Waals surface area contributed by atoms with E-state index in [-0.39, 0.29) is 0 Å². The van der Waals surface area contributed by atoms with Gasteiger partial charge in [-0.2, -0.15) is 0 Å². The molecule has 0 amide bonds. The third-order valence-corrected chi connectivity index (χ3v) is 2.28. The van der Waals surface area contributed by atoms with Gasteiger partial charge in [0.25, 0.3) is 0 Å². The molecule has 1 nitrogen and oxygen atoms in total. The van der Waals surface area contributed by atoms with Crippen LogP contribution < -0.4 is 4.74 Å². The Bertz CT molecular complexity index is 324. The normalized spacial score (nSPS) is 11.5. The van der Waals surface area contributed by atoms with Crippen LogP contribution in [0.1, 0.15) is 25.0 Å². The highest BCUT2D eigenvalue weighted by Crippen LogP contribution is 2.22. The van der Waals surface area contributed by atoms with E-state index in [1.807, 2.05) is 6.07 Å². The standard InChI is InChI=1S/C12H16O/c1-5-9(2)11-6-7-12(13-4)10(3)8-11/h5-8H,1-4H3/b9-5+. The summed E-state index contributed by atoms with van der Waals surface area (Å²) in [6.07, 6.45) is 2.11. The van der Waals surface area contributed by atoms with Gasteiger partial charge >= 0.3 is 0 Å². The summed E-state index contributed by atoms with van der Waals surface area (Å²) in [4.78, 5) is 0. The molecule has 0 aliphatic rings. The Morgan fingerprint density at radius 3 is 2.54 bits per heavy atom. The van der Waals surface area contributed by atoms with Crippen LogP contribution in [0.5, 0.6) is 5.75 Å². The summed E-state index contributed by atoms with van der Waals surface area (Å²) in [6.45, 7) is 6.22. The molecule has 13 heavy (non-hydrogen) atoms. The van der Waals surface area contributed by atoms with E-state index >= 15 is 0 Å². The molecule has 1 aromatic rings. The first-order valence-electron chi connectivity index (χ1n) is 4.47. The lowest BCUT2D eigenvalue weighted by Gasteiger charge is -2.07. The molecule has 1 rings (SSSR count). The molecule has 0 saturated carbocycles. The summed E-state index contributed by atoms with van der Waals surface area (Å²) in [5.41, 5.74) is 3.74.